The first-order valence-corrected chi connectivity index (χ1v) is 10.7. The van der Waals surface area contributed by atoms with E-state index in [4.69, 9.17) is 15.2 Å². The molecule has 2 aromatic carbocycles. The maximum atomic E-state index is 13.1. The Kier molecular flexibility index (Phi) is 8.47. The highest BCUT2D eigenvalue weighted by Crippen LogP contribution is 2.31. The van der Waals surface area contributed by atoms with E-state index < -0.39 is 21.7 Å². The Bertz CT molecular complexity index is 1050. The number of phenols is 1. The van der Waals surface area contributed by atoms with Gasteiger partial charge in [0.25, 0.3) is 15.9 Å². The van der Waals surface area contributed by atoms with Crippen LogP contribution in [0.25, 0.3) is 0 Å². The fraction of sp³-hybridized carbons (Fsp3) is 0.190. The van der Waals surface area contributed by atoms with Crippen LogP contribution in [-0.2, 0) is 14.8 Å². The van der Waals surface area contributed by atoms with Crippen LogP contribution in [0.1, 0.15) is 10.4 Å². The monoisotopic (exact) mass is 447 g/mol. The summed E-state index contributed by atoms with van der Waals surface area (Å²) >= 11 is 0. The number of carbonyl (C=O) groups is 1. The molecule has 0 spiro atoms. The van der Waals surface area contributed by atoms with Gasteiger partial charge in [-0.1, -0.05) is 24.8 Å². The number of hydrogen-bond acceptors (Lipinski definition) is 7. The molecule has 0 saturated carbocycles. The molecule has 0 aromatic heterocycles. The Morgan fingerprint density at radius 1 is 1.16 bits per heavy atom. The molecule has 2 rings (SSSR count). The highest BCUT2D eigenvalue weighted by molar-refractivity contribution is 7.92. The number of rotatable bonds is 13. The minimum Gasteiger partial charge on any atom is -0.507 e. The van der Waals surface area contributed by atoms with Crippen LogP contribution in [0.3, 0.4) is 0 Å². The van der Waals surface area contributed by atoms with Crippen LogP contribution in [0.5, 0.6) is 11.5 Å². The molecule has 0 saturated heterocycles. The lowest BCUT2D eigenvalue weighted by molar-refractivity contribution is 0.0997. The fourth-order valence-corrected chi connectivity index (χ4v) is 3.81. The lowest BCUT2D eigenvalue weighted by atomic mass is 10.1. The van der Waals surface area contributed by atoms with E-state index in [1.54, 1.807) is 30.4 Å². The van der Waals surface area contributed by atoms with Crippen molar-refractivity contribution in [3.05, 3.63) is 67.3 Å². The van der Waals surface area contributed by atoms with Gasteiger partial charge in [-0.15, -0.1) is 6.58 Å². The number of nitrogens with two attached hydrogens (primary N) is 1. The molecule has 166 valence electrons. The molecule has 0 aliphatic carbocycles. The lowest BCUT2D eigenvalue weighted by Gasteiger charge is -2.16. The summed E-state index contributed by atoms with van der Waals surface area (Å²) in [6.07, 6.45) is 3.15. The largest absolute Gasteiger partial charge is 0.507 e. The first kappa shape index (κ1) is 23.8. The minimum absolute atomic E-state index is 0.0799. The van der Waals surface area contributed by atoms with Crippen LogP contribution in [0.2, 0.25) is 0 Å². The Balaban J connectivity index is 2.35. The number of nitrogens with one attached hydrogen (secondary N) is 2. The standard InChI is InChI=1S/C21H25N3O6S/c1-3-9-29-11-8-23-18-14-19(25)17(21(22)26)13-20(18)31(27,28)24-15-6-5-7-16(12-15)30-10-4-2/h3-7,12-14,23-25H,1-2,8-11H2,(H2,22,26). The second-order valence-corrected chi connectivity index (χ2v) is 7.90. The second kappa shape index (κ2) is 11.0. The maximum Gasteiger partial charge on any atom is 0.263 e. The molecule has 0 heterocycles. The van der Waals surface area contributed by atoms with Crippen LogP contribution in [-0.4, -0.2) is 45.8 Å². The number of hydrogen-bond donors (Lipinski definition) is 4. The van der Waals surface area contributed by atoms with Gasteiger partial charge in [0.15, 0.2) is 0 Å². The van der Waals surface area contributed by atoms with E-state index in [0.717, 1.165) is 12.1 Å². The molecule has 2 aromatic rings. The third-order valence-electron chi connectivity index (χ3n) is 3.90. The van der Waals surface area contributed by atoms with Crippen LogP contribution in [0.4, 0.5) is 11.4 Å². The molecule has 0 aliphatic rings. The van der Waals surface area contributed by atoms with Crippen molar-refractivity contribution in [2.75, 3.05) is 36.4 Å². The Morgan fingerprint density at radius 3 is 2.58 bits per heavy atom. The number of sulfonamides is 1. The van der Waals surface area contributed by atoms with E-state index in [0.29, 0.717) is 12.4 Å². The van der Waals surface area contributed by atoms with E-state index in [1.165, 1.54) is 6.07 Å². The van der Waals surface area contributed by atoms with E-state index in [-0.39, 0.29) is 41.6 Å². The summed E-state index contributed by atoms with van der Waals surface area (Å²) in [6, 6.07) is 8.49. The topological polar surface area (TPSA) is 140 Å². The van der Waals surface area contributed by atoms with E-state index in [2.05, 4.69) is 23.2 Å². The molecule has 0 radical (unpaired) electrons. The summed E-state index contributed by atoms with van der Waals surface area (Å²) in [5, 5.41) is 13.0. The van der Waals surface area contributed by atoms with Crippen molar-refractivity contribution in [1.82, 2.24) is 0 Å². The number of carbonyl (C=O) groups excluding carboxylic acids is 1. The van der Waals surface area contributed by atoms with Gasteiger partial charge in [-0.05, 0) is 18.2 Å². The van der Waals surface area contributed by atoms with E-state index in [1.807, 2.05) is 0 Å². The summed E-state index contributed by atoms with van der Waals surface area (Å²) < 4.78 is 39.3. The SMILES string of the molecule is C=CCOCCNc1cc(O)c(C(N)=O)cc1S(=O)(=O)Nc1cccc(OCC=C)c1. The minimum atomic E-state index is -4.17. The zero-order valence-corrected chi connectivity index (χ0v) is 17.7. The summed E-state index contributed by atoms with van der Waals surface area (Å²) in [4.78, 5) is 11.4. The molecular weight excluding hydrogens is 422 g/mol. The van der Waals surface area contributed by atoms with Gasteiger partial charge in [-0.2, -0.15) is 0 Å². The van der Waals surface area contributed by atoms with E-state index in [9.17, 15) is 18.3 Å². The van der Waals surface area contributed by atoms with Crippen molar-refractivity contribution >= 4 is 27.3 Å². The van der Waals surface area contributed by atoms with Crippen molar-refractivity contribution in [1.29, 1.82) is 0 Å². The van der Waals surface area contributed by atoms with Crippen molar-refractivity contribution in [2.45, 2.75) is 4.90 Å². The van der Waals surface area contributed by atoms with Crippen LogP contribution >= 0.6 is 0 Å². The van der Waals surface area contributed by atoms with Crippen LogP contribution in [0.15, 0.2) is 66.6 Å². The highest BCUT2D eigenvalue weighted by atomic mass is 32.2. The molecular formula is C21H25N3O6S. The number of amides is 1. The molecule has 10 heteroatoms. The normalized spacial score (nSPS) is 10.8. The first-order valence-electron chi connectivity index (χ1n) is 9.24. The number of aromatic hydroxyl groups is 1. The Hall–Kier alpha value is -3.50. The Labute approximate surface area is 181 Å². The quantitative estimate of drug-likeness (QED) is 0.273. The second-order valence-electron chi connectivity index (χ2n) is 6.25. The molecule has 31 heavy (non-hydrogen) atoms. The van der Waals surface area contributed by atoms with Gasteiger partial charge in [-0.25, -0.2) is 8.42 Å². The number of anilines is 2. The van der Waals surface area contributed by atoms with Crippen LogP contribution < -0.4 is 20.5 Å². The summed E-state index contributed by atoms with van der Waals surface area (Å²) in [6.45, 7) is 8.21. The summed E-state index contributed by atoms with van der Waals surface area (Å²) in [5.74, 6) is -0.961. The van der Waals surface area contributed by atoms with E-state index >= 15 is 0 Å². The zero-order valence-electron chi connectivity index (χ0n) is 16.8. The van der Waals surface area contributed by atoms with Gasteiger partial charge in [0.2, 0.25) is 0 Å². The summed E-state index contributed by atoms with van der Waals surface area (Å²) in [7, 11) is -4.17. The molecule has 0 atom stereocenters. The highest BCUT2D eigenvalue weighted by Gasteiger charge is 2.23. The number of ether oxygens (including phenoxy) is 2. The summed E-state index contributed by atoms with van der Waals surface area (Å²) in [5.41, 5.74) is 5.27. The van der Waals surface area contributed by atoms with Gasteiger partial charge in [-0.3, -0.25) is 9.52 Å². The molecule has 0 unspecified atom stereocenters. The average Bonchev–Trinajstić information content (AvgIpc) is 2.71. The predicted octanol–water partition coefficient (Wildman–Crippen LogP) is 2.47. The van der Waals surface area contributed by atoms with Gasteiger partial charge < -0.3 is 25.6 Å². The van der Waals surface area contributed by atoms with Gasteiger partial charge in [0.05, 0.1) is 30.2 Å². The van der Waals surface area contributed by atoms with Crippen molar-refractivity contribution in [2.24, 2.45) is 5.73 Å². The van der Waals surface area contributed by atoms with Crippen molar-refractivity contribution < 1.29 is 27.8 Å². The molecule has 1 amide bonds. The third-order valence-corrected chi connectivity index (χ3v) is 5.33. The molecule has 5 N–H and O–H groups in total. The lowest BCUT2D eigenvalue weighted by Crippen LogP contribution is -2.19. The molecule has 0 aliphatic heterocycles. The molecule has 0 bridgehead atoms. The van der Waals surface area contributed by atoms with Gasteiger partial charge in [0, 0.05) is 18.7 Å². The maximum absolute atomic E-state index is 13.1. The number of benzene rings is 2. The Morgan fingerprint density at radius 2 is 1.90 bits per heavy atom. The predicted molar refractivity (Wildman–Crippen MR) is 119 cm³/mol. The molecule has 0 fully saturated rings. The molecule has 9 nitrogen and oxygen atoms in total. The van der Waals surface area contributed by atoms with Gasteiger partial charge >= 0.3 is 0 Å². The average molecular weight is 448 g/mol. The van der Waals surface area contributed by atoms with Gasteiger partial charge in [0.1, 0.15) is 23.0 Å². The van der Waals surface area contributed by atoms with Crippen molar-refractivity contribution in [3.8, 4) is 11.5 Å². The van der Waals surface area contributed by atoms with Crippen molar-refractivity contribution in [3.63, 3.8) is 0 Å². The first-order chi connectivity index (χ1) is 14.8. The fourth-order valence-electron chi connectivity index (χ4n) is 2.57. The van der Waals surface area contributed by atoms with Crippen LogP contribution in [0, 0.1) is 0 Å². The zero-order chi connectivity index (χ0) is 22.9. The third kappa shape index (κ3) is 6.76. The smallest absolute Gasteiger partial charge is 0.263 e. The number of primary amides is 1.